The number of benzene rings is 1. The Morgan fingerprint density at radius 3 is 2.50 bits per heavy atom. The molecular weight excluding hydrogens is 316 g/mol. The second-order valence-corrected chi connectivity index (χ2v) is 5.53. The molecule has 0 aliphatic carbocycles. The second kappa shape index (κ2) is 6.22. The molecule has 1 aromatic carbocycles. The van der Waals surface area contributed by atoms with E-state index in [0.717, 1.165) is 39.6 Å². The van der Waals surface area contributed by atoms with Crippen LogP contribution in [0.2, 0.25) is 0 Å². The van der Waals surface area contributed by atoms with E-state index in [4.69, 9.17) is 0 Å². The summed E-state index contributed by atoms with van der Waals surface area (Å²) in [6, 6.07) is 6.20. The monoisotopic (exact) mass is 334 g/mol. The van der Waals surface area contributed by atoms with E-state index in [0.29, 0.717) is 0 Å². The van der Waals surface area contributed by atoms with Gasteiger partial charge in [0.25, 0.3) is 0 Å². The fourth-order valence-corrected chi connectivity index (χ4v) is 2.29. The van der Waals surface area contributed by atoms with Gasteiger partial charge in [0.05, 0.1) is 5.69 Å². The number of rotatable bonds is 4. The molecule has 1 heterocycles. The minimum Gasteiger partial charge on any atom is -0.373 e. The molecule has 0 aliphatic heterocycles. The molecule has 0 aliphatic rings. The number of anilines is 3. The molecule has 0 amide bonds. The van der Waals surface area contributed by atoms with Crippen molar-refractivity contribution in [3.8, 4) is 0 Å². The average molecular weight is 335 g/mol. The van der Waals surface area contributed by atoms with E-state index < -0.39 is 0 Å². The highest BCUT2D eigenvalue weighted by Gasteiger charge is 2.10. The SMILES string of the molecule is CCc1nc(NC)c(C)c(Nc2cc(C)ccc2Br)n1. The Morgan fingerprint density at radius 2 is 1.85 bits per heavy atom. The lowest BCUT2D eigenvalue weighted by molar-refractivity contribution is 0.935. The number of nitrogens with one attached hydrogen (secondary N) is 2. The summed E-state index contributed by atoms with van der Waals surface area (Å²) in [7, 11) is 1.88. The first kappa shape index (κ1) is 14.8. The van der Waals surface area contributed by atoms with Gasteiger partial charge in [0, 0.05) is 23.5 Å². The molecule has 2 aromatic rings. The molecule has 0 radical (unpaired) electrons. The van der Waals surface area contributed by atoms with Gasteiger partial charge in [0.2, 0.25) is 0 Å². The van der Waals surface area contributed by atoms with Crippen molar-refractivity contribution in [1.82, 2.24) is 9.97 Å². The molecule has 1 aromatic heterocycles. The molecule has 0 unspecified atom stereocenters. The lowest BCUT2D eigenvalue weighted by Crippen LogP contribution is -2.07. The quantitative estimate of drug-likeness (QED) is 0.879. The summed E-state index contributed by atoms with van der Waals surface area (Å²) in [4.78, 5) is 9.06. The molecule has 0 saturated carbocycles. The molecular formula is C15H19BrN4. The Kier molecular flexibility index (Phi) is 4.60. The minimum atomic E-state index is 0.804. The number of aromatic nitrogens is 2. The van der Waals surface area contributed by atoms with E-state index in [1.54, 1.807) is 0 Å². The van der Waals surface area contributed by atoms with E-state index in [-0.39, 0.29) is 0 Å². The highest BCUT2D eigenvalue weighted by atomic mass is 79.9. The van der Waals surface area contributed by atoms with E-state index in [2.05, 4.69) is 62.5 Å². The average Bonchev–Trinajstić information content (AvgIpc) is 2.45. The Labute approximate surface area is 128 Å². The summed E-state index contributed by atoms with van der Waals surface area (Å²) >= 11 is 3.56. The summed E-state index contributed by atoms with van der Waals surface area (Å²) in [5, 5.41) is 6.51. The largest absolute Gasteiger partial charge is 0.373 e. The van der Waals surface area contributed by atoms with Crippen molar-refractivity contribution in [3.05, 3.63) is 39.6 Å². The van der Waals surface area contributed by atoms with E-state index in [1.807, 2.05) is 20.0 Å². The molecule has 0 spiro atoms. The third kappa shape index (κ3) is 3.10. The molecule has 0 atom stereocenters. The van der Waals surface area contributed by atoms with E-state index >= 15 is 0 Å². The van der Waals surface area contributed by atoms with Gasteiger partial charge in [0.15, 0.2) is 0 Å². The second-order valence-electron chi connectivity index (χ2n) is 4.67. The summed E-state index contributed by atoms with van der Waals surface area (Å²) < 4.78 is 1.02. The normalized spacial score (nSPS) is 10.4. The van der Waals surface area contributed by atoms with Gasteiger partial charge >= 0.3 is 0 Å². The predicted octanol–water partition coefficient (Wildman–Crippen LogP) is 4.20. The van der Waals surface area contributed by atoms with Crippen LogP contribution in [0.1, 0.15) is 23.9 Å². The highest BCUT2D eigenvalue weighted by Crippen LogP contribution is 2.29. The Morgan fingerprint density at radius 1 is 1.15 bits per heavy atom. The fourth-order valence-electron chi connectivity index (χ4n) is 1.95. The van der Waals surface area contributed by atoms with Crippen LogP contribution in [0.4, 0.5) is 17.3 Å². The Bertz CT molecular complexity index is 626. The van der Waals surface area contributed by atoms with Crippen LogP contribution in [0.5, 0.6) is 0 Å². The molecule has 2 rings (SSSR count). The van der Waals surface area contributed by atoms with Gasteiger partial charge in [-0.15, -0.1) is 0 Å². The van der Waals surface area contributed by atoms with Gasteiger partial charge in [0.1, 0.15) is 17.5 Å². The van der Waals surface area contributed by atoms with Gasteiger partial charge in [-0.2, -0.15) is 0 Å². The van der Waals surface area contributed by atoms with Crippen LogP contribution in [0.15, 0.2) is 22.7 Å². The van der Waals surface area contributed by atoms with Crippen molar-refractivity contribution in [2.45, 2.75) is 27.2 Å². The third-order valence-electron chi connectivity index (χ3n) is 3.12. The Balaban J connectivity index is 2.44. The van der Waals surface area contributed by atoms with Crippen molar-refractivity contribution in [1.29, 1.82) is 0 Å². The summed E-state index contributed by atoms with van der Waals surface area (Å²) in [5.41, 5.74) is 3.22. The fraction of sp³-hybridized carbons (Fsp3) is 0.333. The number of halogens is 1. The van der Waals surface area contributed by atoms with Gasteiger partial charge < -0.3 is 10.6 Å². The first-order valence-electron chi connectivity index (χ1n) is 6.63. The van der Waals surface area contributed by atoms with Gasteiger partial charge in [-0.05, 0) is 47.5 Å². The molecule has 5 heteroatoms. The van der Waals surface area contributed by atoms with Crippen LogP contribution in [-0.2, 0) is 6.42 Å². The predicted molar refractivity (Wildman–Crippen MR) is 87.9 cm³/mol. The van der Waals surface area contributed by atoms with Crippen LogP contribution >= 0.6 is 15.9 Å². The van der Waals surface area contributed by atoms with Crippen LogP contribution in [0.3, 0.4) is 0 Å². The smallest absolute Gasteiger partial charge is 0.139 e. The molecule has 0 bridgehead atoms. The van der Waals surface area contributed by atoms with Crippen LogP contribution in [-0.4, -0.2) is 17.0 Å². The van der Waals surface area contributed by atoms with E-state index in [9.17, 15) is 0 Å². The standard InChI is InChI=1S/C15H19BrN4/c1-5-13-19-14(17-4)10(3)15(20-13)18-12-8-9(2)6-7-11(12)16/h6-8H,5H2,1-4H3,(H2,17,18,19,20). The van der Waals surface area contributed by atoms with Gasteiger partial charge in [-0.1, -0.05) is 13.0 Å². The highest BCUT2D eigenvalue weighted by molar-refractivity contribution is 9.10. The molecule has 4 nitrogen and oxygen atoms in total. The van der Waals surface area contributed by atoms with Crippen molar-refractivity contribution in [2.24, 2.45) is 0 Å². The van der Waals surface area contributed by atoms with Crippen LogP contribution in [0, 0.1) is 13.8 Å². The molecule has 2 N–H and O–H groups in total. The van der Waals surface area contributed by atoms with Crippen LogP contribution < -0.4 is 10.6 Å². The first-order chi connectivity index (χ1) is 9.55. The zero-order valence-corrected chi connectivity index (χ0v) is 13.8. The molecule has 0 saturated heterocycles. The lowest BCUT2D eigenvalue weighted by atomic mass is 10.2. The Hall–Kier alpha value is -1.62. The maximum Gasteiger partial charge on any atom is 0.139 e. The zero-order chi connectivity index (χ0) is 14.7. The lowest BCUT2D eigenvalue weighted by Gasteiger charge is -2.14. The number of nitrogens with zero attached hydrogens (tertiary/aromatic N) is 2. The summed E-state index contributed by atoms with van der Waals surface area (Å²) in [5.74, 6) is 2.53. The maximum atomic E-state index is 4.58. The van der Waals surface area contributed by atoms with Gasteiger partial charge in [-0.25, -0.2) is 9.97 Å². The third-order valence-corrected chi connectivity index (χ3v) is 3.81. The topological polar surface area (TPSA) is 49.8 Å². The summed E-state index contributed by atoms with van der Waals surface area (Å²) in [6.45, 7) is 6.13. The minimum absolute atomic E-state index is 0.804. The van der Waals surface area contributed by atoms with Crippen molar-refractivity contribution in [3.63, 3.8) is 0 Å². The van der Waals surface area contributed by atoms with Crippen molar-refractivity contribution in [2.75, 3.05) is 17.7 Å². The maximum absolute atomic E-state index is 4.58. The summed E-state index contributed by atoms with van der Waals surface area (Å²) in [6.07, 6.45) is 0.804. The number of hydrogen-bond donors (Lipinski definition) is 2. The first-order valence-corrected chi connectivity index (χ1v) is 7.43. The van der Waals surface area contributed by atoms with Crippen molar-refractivity contribution < 1.29 is 0 Å². The molecule has 106 valence electrons. The molecule has 0 fully saturated rings. The van der Waals surface area contributed by atoms with Gasteiger partial charge in [-0.3, -0.25) is 0 Å². The number of hydrogen-bond acceptors (Lipinski definition) is 4. The van der Waals surface area contributed by atoms with Crippen LogP contribution in [0.25, 0.3) is 0 Å². The van der Waals surface area contributed by atoms with E-state index in [1.165, 1.54) is 5.56 Å². The van der Waals surface area contributed by atoms with Crippen molar-refractivity contribution >= 4 is 33.3 Å². The zero-order valence-electron chi connectivity index (χ0n) is 12.2. The molecule has 20 heavy (non-hydrogen) atoms. The number of aryl methyl sites for hydroxylation is 2.